The van der Waals surface area contributed by atoms with Gasteiger partial charge in [0.2, 0.25) is 0 Å². The molecule has 1 aliphatic heterocycles. The van der Waals surface area contributed by atoms with Crippen LogP contribution in [0.25, 0.3) is 0 Å². The van der Waals surface area contributed by atoms with Crippen LogP contribution in [0.4, 0.5) is 0 Å². The maximum Gasteiger partial charge on any atom is 0.320 e. The van der Waals surface area contributed by atoms with E-state index in [0.29, 0.717) is 6.04 Å². The Bertz CT molecular complexity index is 467. The molecule has 2 unspecified atom stereocenters. The van der Waals surface area contributed by atoms with Crippen molar-refractivity contribution in [1.29, 1.82) is 0 Å². The highest BCUT2D eigenvalue weighted by Crippen LogP contribution is 2.24. The van der Waals surface area contributed by atoms with E-state index in [-0.39, 0.29) is 6.04 Å². The second kappa shape index (κ2) is 6.37. The van der Waals surface area contributed by atoms with E-state index in [1.54, 1.807) is 6.92 Å². The first-order chi connectivity index (χ1) is 9.50. The van der Waals surface area contributed by atoms with Crippen LogP contribution in [0.2, 0.25) is 0 Å². The molecule has 4 heteroatoms. The predicted molar refractivity (Wildman–Crippen MR) is 79.8 cm³/mol. The standard InChI is InChI=1S/C16H24N2O2/c1-12-6-4-5-7-15(12)13(2)17-8-10-18(11-9-17)14(3)16(19)20/h4-7,13-14H,8-11H2,1-3H3,(H,19,20). The molecule has 2 rings (SSSR count). The number of aliphatic carboxylic acids is 1. The Hall–Kier alpha value is -1.39. The summed E-state index contributed by atoms with van der Waals surface area (Å²) in [6.45, 7) is 9.64. The van der Waals surface area contributed by atoms with Crippen molar-refractivity contribution in [3.63, 3.8) is 0 Å². The maximum absolute atomic E-state index is 11.0. The highest BCUT2D eigenvalue weighted by atomic mass is 16.4. The highest BCUT2D eigenvalue weighted by Gasteiger charge is 2.27. The van der Waals surface area contributed by atoms with E-state index in [4.69, 9.17) is 5.11 Å². The lowest BCUT2D eigenvalue weighted by molar-refractivity contribution is -0.143. The first kappa shape index (κ1) is 15.0. The molecule has 20 heavy (non-hydrogen) atoms. The van der Waals surface area contributed by atoms with Gasteiger partial charge in [-0.15, -0.1) is 0 Å². The molecular weight excluding hydrogens is 252 g/mol. The van der Waals surface area contributed by atoms with Gasteiger partial charge in [0.05, 0.1) is 0 Å². The van der Waals surface area contributed by atoms with E-state index >= 15 is 0 Å². The molecule has 4 nitrogen and oxygen atoms in total. The molecule has 1 aromatic rings. The molecule has 1 heterocycles. The Morgan fingerprint density at radius 1 is 1.10 bits per heavy atom. The van der Waals surface area contributed by atoms with Crippen LogP contribution in [0.3, 0.4) is 0 Å². The van der Waals surface area contributed by atoms with Crippen molar-refractivity contribution in [2.75, 3.05) is 26.2 Å². The van der Waals surface area contributed by atoms with Crippen LogP contribution in [0.15, 0.2) is 24.3 Å². The first-order valence-corrected chi connectivity index (χ1v) is 7.27. The quantitative estimate of drug-likeness (QED) is 0.915. The summed E-state index contributed by atoms with van der Waals surface area (Å²) in [5.74, 6) is -0.731. The van der Waals surface area contributed by atoms with E-state index in [1.165, 1.54) is 11.1 Å². The summed E-state index contributed by atoms with van der Waals surface area (Å²) in [4.78, 5) is 15.5. The lowest BCUT2D eigenvalue weighted by Gasteiger charge is -2.39. The van der Waals surface area contributed by atoms with Crippen molar-refractivity contribution in [3.8, 4) is 0 Å². The van der Waals surface area contributed by atoms with Gasteiger partial charge in [0.15, 0.2) is 0 Å². The fourth-order valence-electron chi connectivity index (χ4n) is 2.92. The van der Waals surface area contributed by atoms with Gasteiger partial charge in [0.1, 0.15) is 6.04 Å². The van der Waals surface area contributed by atoms with Gasteiger partial charge in [0, 0.05) is 32.2 Å². The minimum atomic E-state index is -0.731. The second-order valence-corrected chi connectivity index (χ2v) is 5.62. The smallest absolute Gasteiger partial charge is 0.320 e. The molecule has 1 aromatic carbocycles. The Kier molecular flexibility index (Phi) is 4.78. The lowest BCUT2D eigenvalue weighted by Crippen LogP contribution is -2.52. The van der Waals surface area contributed by atoms with Crippen LogP contribution < -0.4 is 0 Å². The molecule has 1 saturated heterocycles. The molecule has 1 fully saturated rings. The molecule has 0 spiro atoms. The molecule has 1 N–H and O–H groups in total. The van der Waals surface area contributed by atoms with E-state index in [1.807, 2.05) is 4.90 Å². The van der Waals surface area contributed by atoms with Crippen LogP contribution >= 0.6 is 0 Å². The Morgan fingerprint density at radius 3 is 2.20 bits per heavy atom. The third-order valence-corrected chi connectivity index (χ3v) is 4.44. The van der Waals surface area contributed by atoms with Crippen LogP contribution in [0.1, 0.15) is 31.0 Å². The van der Waals surface area contributed by atoms with Crippen LogP contribution in [0, 0.1) is 6.92 Å². The van der Waals surface area contributed by atoms with E-state index in [0.717, 1.165) is 26.2 Å². The maximum atomic E-state index is 11.0. The summed E-state index contributed by atoms with van der Waals surface area (Å²) in [5.41, 5.74) is 2.69. The zero-order valence-corrected chi connectivity index (χ0v) is 12.5. The van der Waals surface area contributed by atoms with Gasteiger partial charge < -0.3 is 5.11 Å². The van der Waals surface area contributed by atoms with E-state index in [9.17, 15) is 4.79 Å². The van der Waals surface area contributed by atoms with Gasteiger partial charge >= 0.3 is 5.97 Å². The lowest BCUT2D eigenvalue weighted by atomic mass is 10.0. The molecule has 0 saturated carbocycles. The zero-order valence-electron chi connectivity index (χ0n) is 12.5. The van der Waals surface area contributed by atoms with Crippen LogP contribution in [-0.2, 0) is 4.79 Å². The number of carboxylic acids is 1. The minimum Gasteiger partial charge on any atom is -0.480 e. The summed E-state index contributed by atoms with van der Waals surface area (Å²) in [6.07, 6.45) is 0. The van der Waals surface area contributed by atoms with Gasteiger partial charge in [-0.05, 0) is 31.9 Å². The second-order valence-electron chi connectivity index (χ2n) is 5.62. The molecular formula is C16H24N2O2. The topological polar surface area (TPSA) is 43.8 Å². The molecule has 110 valence electrons. The number of aryl methyl sites for hydroxylation is 1. The van der Waals surface area contributed by atoms with Gasteiger partial charge in [-0.1, -0.05) is 24.3 Å². The van der Waals surface area contributed by atoms with Crippen LogP contribution in [-0.4, -0.2) is 53.1 Å². The molecule has 0 aromatic heterocycles. The Balaban J connectivity index is 1.97. The van der Waals surface area contributed by atoms with Crippen molar-refractivity contribution in [2.45, 2.75) is 32.9 Å². The van der Waals surface area contributed by atoms with Gasteiger partial charge in [-0.25, -0.2) is 0 Å². The fraction of sp³-hybridized carbons (Fsp3) is 0.562. The number of nitrogens with zero attached hydrogens (tertiary/aromatic N) is 2. The van der Waals surface area contributed by atoms with Gasteiger partial charge in [-0.3, -0.25) is 14.6 Å². The summed E-state index contributed by atoms with van der Waals surface area (Å²) in [5, 5.41) is 9.07. The molecule has 0 bridgehead atoms. The number of hydrogen-bond donors (Lipinski definition) is 1. The number of hydrogen-bond acceptors (Lipinski definition) is 3. The number of piperazine rings is 1. The number of carboxylic acid groups (broad SMARTS) is 1. The van der Waals surface area contributed by atoms with Crippen molar-refractivity contribution >= 4 is 5.97 Å². The summed E-state index contributed by atoms with van der Waals surface area (Å²) < 4.78 is 0. The van der Waals surface area contributed by atoms with Crippen molar-refractivity contribution in [3.05, 3.63) is 35.4 Å². The SMILES string of the molecule is Cc1ccccc1C(C)N1CCN(C(C)C(=O)O)CC1. The van der Waals surface area contributed by atoms with Crippen molar-refractivity contribution < 1.29 is 9.90 Å². The number of carbonyl (C=O) groups is 1. The normalized spacial score (nSPS) is 20.6. The first-order valence-electron chi connectivity index (χ1n) is 7.27. The molecule has 1 aliphatic rings. The summed E-state index contributed by atoms with van der Waals surface area (Å²) >= 11 is 0. The van der Waals surface area contributed by atoms with Gasteiger partial charge in [0.25, 0.3) is 0 Å². The molecule has 0 aliphatic carbocycles. The summed E-state index contributed by atoms with van der Waals surface area (Å²) in [6, 6.07) is 8.49. The van der Waals surface area contributed by atoms with Crippen molar-refractivity contribution in [1.82, 2.24) is 9.80 Å². The molecule has 0 radical (unpaired) electrons. The fourth-order valence-corrected chi connectivity index (χ4v) is 2.92. The largest absolute Gasteiger partial charge is 0.480 e. The zero-order chi connectivity index (χ0) is 14.7. The van der Waals surface area contributed by atoms with Gasteiger partial charge in [-0.2, -0.15) is 0 Å². The Labute approximate surface area is 121 Å². The minimum absolute atomic E-state index is 0.383. The Morgan fingerprint density at radius 2 is 1.65 bits per heavy atom. The monoisotopic (exact) mass is 276 g/mol. The average molecular weight is 276 g/mol. The molecule has 2 atom stereocenters. The summed E-state index contributed by atoms with van der Waals surface area (Å²) in [7, 11) is 0. The average Bonchev–Trinajstić information content (AvgIpc) is 2.46. The van der Waals surface area contributed by atoms with Crippen LogP contribution in [0.5, 0.6) is 0 Å². The third kappa shape index (κ3) is 3.19. The molecule has 0 amide bonds. The van der Waals surface area contributed by atoms with E-state index < -0.39 is 5.97 Å². The highest BCUT2D eigenvalue weighted by molar-refractivity contribution is 5.72. The van der Waals surface area contributed by atoms with Crippen molar-refractivity contribution in [2.24, 2.45) is 0 Å². The number of benzene rings is 1. The number of rotatable bonds is 4. The predicted octanol–water partition coefficient (Wildman–Crippen LogP) is 2.15. The van der Waals surface area contributed by atoms with E-state index in [2.05, 4.69) is 43.0 Å². The third-order valence-electron chi connectivity index (χ3n) is 4.44.